The second kappa shape index (κ2) is 21.0. The van der Waals surface area contributed by atoms with Crippen molar-refractivity contribution in [2.75, 3.05) is 9.80 Å². The summed E-state index contributed by atoms with van der Waals surface area (Å²) in [6.45, 7) is 9.38. The molecular formula is C90H62N6O2. The molecule has 18 aromatic rings. The number of furan rings is 2. The van der Waals surface area contributed by atoms with Gasteiger partial charge in [0.05, 0.1) is 22.1 Å². The molecule has 0 amide bonds. The smallest absolute Gasteiger partial charge is 0.145 e. The van der Waals surface area contributed by atoms with E-state index in [9.17, 15) is 0 Å². The lowest BCUT2D eigenvalue weighted by atomic mass is 9.82. The summed E-state index contributed by atoms with van der Waals surface area (Å²) in [5.74, 6) is 1.78. The van der Waals surface area contributed by atoms with Gasteiger partial charge in [-0.15, -0.1) is 0 Å². The maximum Gasteiger partial charge on any atom is 0.145 e. The summed E-state index contributed by atoms with van der Waals surface area (Å²) < 4.78 is 18.5. The van der Waals surface area contributed by atoms with Crippen LogP contribution in [-0.2, 0) is 10.8 Å². The summed E-state index contributed by atoms with van der Waals surface area (Å²) in [5, 5.41) is 6.44. The van der Waals surface area contributed by atoms with E-state index in [1.807, 2.05) is 0 Å². The van der Waals surface area contributed by atoms with E-state index in [0.29, 0.717) is 0 Å². The van der Waals surface area contributed by atoms with Gasteiger partial charge in [0.1, 0.15) is 34.0 Å². The van der Waals surface area contributed by atoms with Crippen molar-refractivity contribution in [3.05, 3.63) is 326 Å². The maximum absolute atomic E-state index is 7.00. The van der Waals surface area contributed by atoms with Crippen LogP contribution in [0, 0.1) is 0 Å². The van der Waals surface area contributed by atoms with E-state index < -0.39 is 0 Å². The van der Waals surface area contributed by atoms with Gasteiger partial charge in [-0.2, -0.15) is 0 Å². The van der Waals surface area contributed by atoms with Crippen molar-refractivity contribution in [3.8, 4) is 56.4 Å². The number of hydrogen-bond donors (Lipinski definition) is 0. The molecule has 8 nitrogen and oxygen atoms in total. The highest BCUT2D eigenvalue weighted by molar-refractivity contribution is 6.27. The predicted octanol–water partition coefficient (Wildman–Crippen LogP) is 24.2. The molecule has 98 heavy (non-hydrogen) atoms. The van der Waals surface area contributed by atoms with E-state index in [2.05, 4.69) is 350 Å². The molecule has 2 aliphatic rings. The van der Waals surface area contributed by atoms with Crippen molar-refractivity contribution in [1.82, 2.24) is 19.1 Å². The van der Waals surface area contributed by atoms with Crippen LogP contribution in [0.4, 0.5) is 34.1 Å². The van der Waals surface area contributed by atoms with Crippen LogP contribution in [0.1, 0.15) is 49.9 Å². The summed E-state index contributed by atoms with van der Waals surface area (Å²) in [7, 11) is 0. The average molecular weight is 1260 g/mol. The fraction of sp³-hybridized carbons (Fsp3) is 0.0667. The highest BCUT2D eigenvalue weighted by atomic mass is 16.3. The van der Waals surface area contributed by atoms with E-state index in [1.165, 1.54) is 44.5 Å². The quantitative estimate of drug-likeness (QED) is 0.136. The first-order valence-electron chi connectivity index (χ1n) is 33.7. The maximum atomic E-state index is 7.00. The summed E-state index contributed by atoms with van der Waals surface area (Å²) in [6.07, 6.45) is 0. The Bertz CT molecular complexity index is 5920. The molecule has 8 heteroatoms. The number of benzene rings is 14. The van der Waals surface area contributed by atoms with Crippen LogP contribution in [0.15, 0.2) is 312 Å². The lowest BCUT2D eigenvalue weighted by molar-refractivity contribution is 0.660. The molecule has 0 radical (unpaired) electrons. The molecule has 0 spiro atoms. The molecule has 0 aliphatic heterocycles. The second-order valence-electron chi connectivity index (χ2n) is 27.3. The van der Waals surface area contributed by atoms with Gasteiger partial charge in [-0.25, -0.2) is 9.97 Å². The molecule has 0 atom stereocenters. The molecular weight excluding hydrogens is 1200 g/mol. The van der Waals surface area contributed by atoms with Crippen molar-refractivity contribution in [2.24, 2.45) is 0 Å². The van der Waals surface area contributed by atoms with E-state index in [0.717, 1.165) is 145 Å². The summed E-state index contributed by atoms with van der Waals surface area (Å²) in [5.41, 5.74) is 27.6. The third kappa shape index (κ3) is 8.31. The van der Waals surface area contributed by atoms with Crippen LogP contribution in [0.3, 0.4) is 0 Å². The van der Waals surface area contributed by atoms with Crippen molar-refractivity contribution in [2.45, 2.75) is 38.5 Å². The van der Waals surface area contributed by atoms with Crippen LogP contribution in [0.25, 0.3) is 133 Å². The molecule has 0 saturated heterocycles. The van der Waals surface area contributed by atoms with Crippen molar-refractivity contribution in [1.29, 1.82) is 0 Å². The SMILES string of the molecule is CC1(C)c2ccccc2-c2ccc(N(c3ccc(-c4nc5ccccc5n4-c4ccccc4)cc3)c3ccc4c(c3)oc3ccc5c(ccc6oc7cc(N(c8ccc(-c9nc%10ccccc%10n9-c9ccccc9)cc8)c8ccc9c(c8)C(C)(C)c8ccccc8-9)ccc7c65)c34)cc21. The second-order valence-corrected chi connectivity index (χ2v) is 27.3. The highest BCUT2D eigenvalue weighted by Gasteiger charge is 2.38. The number of para-hydroxylation sites is 6. The molecule has 2 aliphatic carbocycles. The first kappa shape index (κ1) is 55.9. The largest absolute Gasteiger partial charge is 0.456 e. The number of rotatable bonds is 10. The standard InChI is InChI=1S/C90H62N6O2/c1-89(2)73-25-13-11-23-65(73)67-43-39-61(51-75(67)89)93(59-35-31-55(32-36-59)87-91-77-27-15-17-29-79(77)95(87)57-19-7-5-8-20-57)63-41-45-71-83(53-63)97-81-49-47-70-69(85(71)81)48-50-82-86(70)72-46-42-64(54-84(72)98-82)94(62-40-44-68-66-24-12-14-26-74(66)90(3,4)76(68)52-62)60-37-33-56(34-38-60)88-92-78-28-16-18-30-80(78)96(88)58-21-9-6-10-22-58/h5-54H,1-4H3. The minimum absolute atomic E-state index is 0.194. The van der Waals surface area contributed by atoms with Crippen LogP contribution in [0.2, 0.25) is 0 Å². The van der Waals surface area contributed by atoms with Gasteiger partial charge in [0, 0.05) is 101 Å². The van der Waals surface area contributed by atoms with Crippen LogP contribution in [-0.4, -0.2) is 19.1 Å². The zero-order valence-electron chi connectivity index (χ0n) is 54.4. The van der Waals surface area contributed by atoms with Crippen molar-refractivity contribution < 1.29 is 8.83 Å². The van der Waals surface area contributed by atoms with Crippen molar-refractivity contribution in [3.63, 3.8) is 0 Å². The van der Waals surface area contributed by atoms with E-state index in [-0.39, 0.29) is 10.8 Å². The number of hydrogen-bond acceptors (Lipinski definition) is 6. The third-order valence-electron chi connectivity index (χ3n) is 21.1. The zero-order valence-corrected chi connectivity index (χ0v) is 54.4. The van der Waals surface area contributed by atoms with Crippen LogP contribution < -0.4 is 9.80 Å². The molecule has 14 aromatic carbocycles. The number of aromatic nitrogens is 4. The van der Waals surface area contributed by atoms with Crippen LogP contribution >= 0.6 is 0 Å². The average Bonchev–Trinajstić information content (AvgIpc) is 1.57. The topological polar surface area (TPSA) is 68.4 Å². The van der Waals surface area contributed by atoms with E-state index >= 15 is 0 Å². The first-order valence-corrected chi connectivity index (χ1v) is 33.7. The molecule has 464 valence electrons. The molecule has 20 rings (SSSR count). The van der Waals surface area contributed by atoms with Gasteiger partial charge < -0.3 is 18.6 Å². The fourth-order valence-corrected chi connectivity index (χ4v) is 16.4. The van der Waals surface area contributed by atoms with E-state index in [1.54, 1.807) is 0 Å². The zero-order chi connectivity index (χ0) is 65.1. The van der Waals surface area contributed by atoms with Crippen molar-refractivity contribution >= 4 is 111 Å². The van der Waals surface area contributed by atoms with E-state index in [4.69, 9.17) is 18.8 Å². The number of imidazole rings is 2. The van der Waals surface area contributed by atoms with Gasteiger partial charge in [-0.1, -0.05) is 149 Å². The lowest BCUT2D eigenvalue weighted by Crippen LogP contribution is -2.16. The van der Waals surface area contributed by atoms with Gasteiger partial charge in [-0.05, 0) is 225 Å². The fourth-order valence-electron chi connectivity index (χ4n) is 16.4. The minimum Gasteiger partial charge on any atom is -0.456 e. The molecule has 0 saturated carbocycles. The lowest BCUT2D eigenvalue weighted by Gasteiger charge is -2.28. The Morgan fingerprint density at radius 3 is 1.07 bits per heavy atom. The monoisotopic (exact) mass is 1260 g/mol. The van der Waals surface area contributed by atoms with Crippen LogP contribution in [0.5, 0.6) is 0 Å². The Hall–Kier alpha value is -12.5. The molecule has 0 bridgehead atoms. The number of fused-ring (bicyclic) bond motifs is 17. The third-order valence-corrected chi connectivity index (χ3v) is 21.1. The molecule has 0 fully saturated rings. The number of anilines is 6. The predicted molar refractivity (Wildman–Crippen MR) is 403 cm³/mol. The highest BCUT2D eigenvalue weighted by Crippen LogP contribution is 2.54. The summed E-state index contributed by atoms with van der Waals surface area (Å²) >= 11 is 0. The van der Waals surface area contributed by atoms with Gasteiger partial charge in [0.2, 0.25) is 0 Å². The molecule has 4 heterocycles. The Morgan fingerprint density at radius 1 is 0.286 bits per heavy atom. The summed E-state index contributed by atoms with van der Waals surface area (Å²) in [4.78, 5) is 15.2. The first-order chi connectivity index (χ1) is 48.1. The summed E-state index contributed by atoms with van der Waals surface area (Å²) in [6, 6.07) is 109. The molecule has 0 unspecified atom stereocenters. The Morgan fingerprint density at radius 2 is 0.633 bits per heavy atom. The molecule has 4 aromatic heterocycles. The van der Waals surface area contributed by atoms with Gasteiger partial charge in [0.25, 0.3) is 0 Å². The Balaban J connectivity index is 0.700. The minimum atomic E-state index is -0.194. The Labute approximate surface area is 565 Å². The van der Waals surface area contributed by atoms with Gasteiger partial charge in [-0.3, -0.25) is 9.13 Å². The molecule has 0 N–H and O–H groups in total. The van der Waals surface area contributed by atoms with Gasteiger partial charge >= 0.3 is 0 Å². The Kier molecular flexibility index (Phi) is 12.0. The van der Waals surface area contributed by atoms with Gasteiger partial charge in [0.15, 0.2) is 0 Å². The number of nitrogens with zero attached hydrogens (tertiary/aromatic N) is 6. The normalized spacial score (nSPS) is 13.5.